The van der Waals surface area contributed by atoms with Crippen LogP contribution >= 0.6 is 0 Å². The highest BCUT2D eigenvalue weighted by atomic mass is 19.1. The fourth-order valence-electron chi connectivity index (χ4n) is 2.47. The first-order valence-corrected chi connectivity index (χ1v) is 6.04. The minimum absolute atomic E-state index is 0.0591. The van der Waals surface area contributed by atoms with E-state index in [4.69, 9.17) is 10.00 Å². The Morgan fingerprint density at radius 2 is 2.22 bits per heavy atom. The zero-order valence-corrected chi connectivity index (χ0v) is 10.9. The van der Waals surface area contributed by atoms with Gasteiger partial charge in [0.05, 0.1) is 29.0 Å². The molecular formula is C14H17FN2O. The predicted octanol–water partition coefficient (Wildman–Crippen LogP) is 2.70. The molecule has 0 bridgehead atoms. The summed E-state index contributed by atoms with van der Waals surface area (Å²) in [5, 5.41) is 8.74. The van der Waals surface area contributed by atoms with E-state index in [2.05, 4.69) is 0 Å². The van der Waals surface area contributed by atoms with E-state index < -0.39 is 0 Å². The van der Waals surface area contributed by atoms with Crippen LogP contribution in [0, 0.1) is 17.1 Å². The lowest BCUT2D eigenvalue weighted by Crippen LogP contribution is -2.52. The minimum Gasteiger partial charge on any atom is -0.369 e. The third kappa shape index (κ3) is 2.62. The molecule has 1 aliphatic heterocycles. The van der Waals surface area contributed by atoms with Gasteiger partial charge in [-0.15, -0.1) is 0 Å². The molecule has 1 atom stereocenters. The molecule has 0 aromatic heterocycles. The van der Waals surface area contributed by atoms with Gasteiger partial charge in [-0.2, -0.15) is 5.26 Å². The number of ether oxygens (including phenoxy) is 1. The Bertz CT molecular complexity index is 493. The van der Waals surface area contributed by atoms with Crippen molar-refractivity contribution >= 4 is 5.69 Å². The molecule has 1 aromatic carbocycles. The lowest BCUT2D eigenvalue weighted by molar-refractivity contribution is -0.0751. The predicted molar refractivity (Wildman–Crippen MR) is 68.0 cm³/mol. The van der Waals surface area contributed by atoms with Crippen molar-refractivity contribution in [2.45, 2.75) is 32.5 Å². The monoisotopic (exact) mass is 248 g/mol. The Morgan fingerprint density at radius 3 is 2.78 bits per heavy atom. The van der Waals surface area contributed by atoms with E-state index >= 15 is 0 Å². The molecule has 0 spiro atoms. The largest absolute Gasteiger partial charge is 0.369 e. The highest BCUT2D eigenvalue weighted by Gasteiger charge is 2.32. The van der Waals surface area contributed by atoms with Gasteiger partial charge in [0.15, 0.2) is 0 Å². The van der Waals surface area contributed by atoms with Crippen molar-refractivity contribution in [2.75, 3.05) is 18.0 Å². The third-order valence-electron chi connectivity index (χ3n) is 2.99. The van der Waals surface area contributed by atoms with E-state index in [9.17, 15) is 4.39 Å². The molecule has 3 nitrogen and oxygen atoms in total. The molecule has 1 aromatic rings. The van der Waals surface area contributed by atoms with Gasteiger partial charge in [-0.25, -0.2) is 4.39 Å². The second-order valence-corrected chi connectivity index (χ2v) is 5.35. The van der Waals surface area contributed by atoms with Crippen molar-refractivity contribution in [3.63, 3.8) is 0 Å². The number of nitriles is 1. The number of hydrogen-bond donors (Lipinski definition) is 0. The van der Waals surface area contributed by atoms with Crippen molar-refractivity contribution in [2.24, 2.45) is 0 Å². The van der Waals surface area contributed by atoms with Gasteiger partial charge < -0.3 is 9.64 Å². The van der Waals surface area contributed by atoms with Crippen molar-refractivity contribution in [3.8, 4) is 6.07 Å². The summed E-state index contributed by atoms with van der Waals surface area (Å²) in [7, 11) is 0. The minimum atomic E-state index is -0.348. The number of benzene rings is 1. The zero-order valence-electron chi connectivity index (χ0n) is 10.9. The summed E-state index contributed by atoms with van der Waals surface area (Å²) in [6, 6.07) is 6.53. The van der Waals surface area contributed by atoms with E-state index in [1.807, 2.05) is 31.7 Å². The second kappa shape index (κ2) is 4.58. The summed E-state index contributed by atoms with van der Waals surface area (Å²) in [6.45, 7) is 7.27. The molecule has 1 saturated heterocycles. The molecule has 1 heterocycles. The smallest absolute Gasteiger partial charge is 0.147 e. The highest BCUT2D eigenvalue weighted by Crippen LogP contribution is 2.28. The first-order valence-electron chi connectivity index (χ1n) is 6.04. The van der Waals surface area contributed by atoms with E-state index in [1.165, 1.54) is 6.07 Å². The van der Waals surface area contributed by atoms with Crippen LogP contribution in [0.4, 0.5) is 10.1 Å². The summed E-state index contributed by atoms with van der Waals surface area (Å²) >= 11 is 0. The molecule has 0 aliphatic carbocycles. The van der Waals surface area contributed by atoms with E-state index in [1.54, 1.807) is 12.1 Å². The molecule has 0 N–H and O–H groups in total. The number of anilines is 1. The zero-order chi connectivity index (χ0) is 13.3. The van der Waals surface area contributed by atoms with Gasteiger partial charge in [0, 0.05) is 13.1 Å². The van der Waals surface area contributed by atoms with Gasteiger partial charge in [0.25, 0.3) is 0 Å². The maximum Gasteiger partial charge on any atom is 0.147 e. The molecule has 4 heteroatoms. The number of morpholine rings is 1. The standard InChI is InChI=1S/C14H17FN2O/c1-10-8-17(9-14(2,3)18-10)13-5-4-11(7-16)6-12(13)15/h4-6,10H,8-9H2,1-3H3. The number of hydrogen-bond acceptors (Lipinski definition) is 3. The Balaban J connectivity index is 2.29. The lowest BCUT2D eigenvalue weighted by Gasteiger charge is -2.43. The Morgan fingerprint density at radius 1 is 1.50 bits per heavy atom. The van der Waals surface area contributed by atoms with Gasteiger partial charge in [0.1, 0.15) is 5.82 Å². The van der Waals surface area contributed by atoms with Crippen LogP contribution in [0.3, 0.4) is 0 Å². The first-order chi connectivity index (χ1) is 8.41. The van der Waals surface area contributed by atoms with Gasteiger partial charge >= 0.3 is 0 Å². The normalized spacial score (nSPS) is 22.6. The van der Waals surface area contributed by atoms with Gasteiger partial charge in [-0.05, 0) is 39.0 Å². The van der Waals surface area contributed by atoms with Crippen LogP contribution in [0.2, 0.25) is 0 Å². The molecule has 2 rings (SSSR count). The van der Waals surface area contributed by atoms with Gasteiger partial charge in [0.2, 0.25) is 0 Å². The van der Waals surface area contributed by atoms with Crippen LogP contribution in [-0.2, 0) is 4.74 Å². The molecule has 96 valence electrons. The number of nitrogens with zero attached hydrogens (tertiary/aromatic N) is 2. The van der Waals surface area contributed by atoms with Crippen molar-refractivity contribution in [1.82, 2.24) is 0 Å². The summed E-state index contributed by atoms with van der Waals surface area (Å²) in [5.41, 5.74) is 0.590. The van der Waals surface area contributed by atoms with Crippen LogP contribution in [0.15, 0.2) is 18.2 Å². The van der Waals surface area contributed by atoms with Gasteiger partial charge in [-0.3, -0.25) is 0 Å². The molecule has 18 heavy (non-hydrogen) atoms. The van der Waals surface area contributed by atoms with Crippen LogP contribution in [0.1, 0.15) is 26.3 Å². The van der Waals surface area contributed by atoms with Crippen LogP contribution in [0.5, 0.6) is 0 Å². The summed E-state index contributed by atoms with van der Waals surface area (Å²) in [4.78, 5) is 1.98. The fraction of sp³-hybridized carbons (Fsp3) is 0.500. The van der Waals surface area contributed by atoms with Crippen molar-refractivity contribution in [3.05, 3.63) is 29.6 Å². The first kappa shape index (κ1) is 12.8. The Labute approximate surface area is 107 Å². The average molecular weight is 248 g/mol. The van der Waals surface area contributed by atoms with Crippen molar-refractivity contribution < 1.29 is 9.13 Å². The third-order valence-corrected chi connectivity index (χ3v) is 2.99. The molecule has 0 amide bonds. The topological polar surface area (TPSA) is 36.3 Å². The molecular weight excluding hydrogens is 231 g/mol. The summed E-state index contributed by atoms with van der Waals surface area (Å²) < 4.78 is 19.8. The van der Waals surface area contributed by atoms with Gasteiger partial charge in [-0.1, -0.05) is 0 Å². The van der Waals surface area contributed by atoms with E-state index in [0.29, 0.717) is 24.3 Å². The maximum atomic E-state index is 14.0. The van der Waals surface area contributed by atoms with E-state index in [0.717, 1.165) is 0 Å². The molecule has 1 unspecified atom stereocenters. The maximum absolute atomic E-state index is 14.0. The molecule has 1 fully saturated rings. The second-order valence-electron chi connectivity index (χ2n) is 5.35. The van der Waals surface area contributed by atoms with Crippen LogP contribution in [0.25, 0.3) is 0 Å². The Hall–Kier alpha value is -1.60. The summed E-state index contributed by atoms with van der Waals surface area (Å²) in [5.74, 6) is -0.348. The Kier molecular flexibility index (Phi) is 3.27. The van der Waals surface area contributed by atoms with Crippen LogP contribution in [-0.4, -0.2) is 24.8 Å². The fourth-order valence-corrected chi connectivity index (χ4v) is 2.47. The number of halogens is 1. The van der Waals surface area contributed by atoms with Crippen LogP contribution < -0.4 is 4.90 Å². The lowest BCUT2D eigenvalue weighted by atomic mass is 10.0. The van der Waals surface area contributed by atoms with E-state index in [-0.39, 0.29) is 17.5 Å². The van der Waals surface area contributed by atoms with Crippen molar-refractivity contribution in [1.29, 1.82) is 5.26 Å². The summed E-state index contributed by atoms with van der Waals surface area (Å²) in [6.07, 6.45) is 0.0591. The molecule has 0 saturated carbocycles. The molecule has 0 radical (unpaired) electrons. The quantitative estimate of drug-likeness (QED) is 0.766. The molecule has 1 aliphatic rings. The highest BCUT2D eigenvalue weighted by molar-refractivity contribution is 5.52. The number of rotatable bonds is 1. The SMILES string of the molecule is CC1CN(c2ccc(C#N)cc2F)CC(C)(C)O1. The average Bonchev–Trinajstić information content (AvgIpc) is 2.25.